The van der Waals surface area contributed by atoms with Crippen LogP contribution >= 0.6 is 0 Å². The summed E-state index contributed by atoms with van der Waals surface area (Å²) in [5.74, 6) is -0.212. The highest BCUT2D eigenvalue weighted by Crippen LogP contribution is 2.18. The van der Waals surface area contributed by atoms with Gasteiger partial charge in [0.1, 0.15) is 5.75 Å². The number of anilines is 1. The molecule has 0 unspecified atom stereocenters. The monoisotopic (exact) mass is 445 g/mol. The van der Waals surface area contributed by atoms with E-state index in [0.29, 0.717) is 28.5 Å². The first-order valence-electron chi connectivity index (χ1n) is 10.6. The molecule has 0 saturated carbocycles. The summed E-state index contributed by atoms with van der Waals surface area (Å²) in [6, 6.07) is 21.2. The maximum absolute atomic E-state index is 12.4. The van der Waals surface area contributed by atoms with Crippen LogP contribution < -0.4 is 20.9 Å². The van der Waals surface area contributed by atoms with E-state index in [-0.39, 0.29) is 12.5 Å². The molecule has 0 bridgehead atoms. The molecule has 0 saturated heterocycles. The molecule has 0 spiro atoms. The minimum Gasteiger partial charge on any atom is -0.484 e. The highest BCUT2D eigenvalue weighted by Gasteiger charge is 2.11. The number of ether oxygens (including phenoxy) is 1. The van der Waals surface area contributed by atoms with Crippen molar-refractivity contribution in [1.82, 2.24) is 10.9 Å². The van der Waals surface area contributed by atoms with Gasteiger partial charge >= 0.3 is 0 Å². The number of carbonyl (C=O) groups is 3. The molecule has 0 heterocycles. The molecule has 0 aromatic heterocycles. The quantitative estimate of drug-likeness (QED) is 0.475. The summed E-state index contributed by atoms with van der Waals surface area (Å²) in [5, 5.41) is 2.80. The predicted octanol–water partition coefficient (Wildman–Crippen LogP) is 4.21. The third-order valence-corrected chi connectivity index (χ3v) is 5.03. The van der Waals surface area contributed by atoms with E-state index in [4.69, 9.17) is 4.74 Å². The maximum Gasteiger partial charge on any atom is 0.276 e. The SMILES string of the molecule is Cc1ccccc1C(=O)Nc1ccc(C(=O)NNC(=O)COc2ccc(C(C)C)cc2)cc1. The topological polar surface area (TPSA) is 96.5 Å². The summed E-state index contributed by atoms with van der Waals surface area (Å²) >= 11 is 0. The first-order valence-corrected chi connectivity index (χ1v) is 10.6. The standard InChI is InChI=1S/C26H27N3O4/c1-17(2)19-10-14-22(15-11-19)33-16-24(30)28-29-25(31)20-8-12-21(13-9-20)27-26(32)23-7-5-4-6-18(23)3/h4-15,17H,16H2,1-3H3,(H,27,32)(H,28,30)(H,29,31). The molecule has 0 radical (unpaired) electrons. The van der Waals surface area contributed by atoms with Gasteiger partial charge in [-0.2, -0.15) is 0 Å². The van der Waals surface area contributed by atoms with Crippen LogP contribution in [0.3, 0.4) is 0 Å². The summed E-state index contributed by atoms with van der Waals surface area (Å²) < 4.78 is 5.43. The zero-order valence-corrected chi connectivity index (χ0v) is 18.8. The molecule has 3 amide bonds. The van der Waals surface area contributed by atoms with Crippen LogP contribution in [-0.2, 0) is 4.79 Å². The lowest BCUT2D eigenvalue weighted by Gasteiger charge is -2.11. The molecular weight excluding hydrogens is 418 g/mol. The van der Waals surface area contributed by atoms with Gasteiger partial charge in [0.15, 0.2) is 6.61 Å². The second kappa shape index (κ2) is 10.9. The van der Waals surface area contributed by atoms with Crippen molar-refractivity contribution in [2.24, 2.45) is 0 Å². The molecule has 3 rings (SSSR count). The molecule has 3 N–H and O–H groups in total. The van der Waals surface area contributed by atoms with Gasteiger partial charge in [0.05, 0.1) is 0 Å². The Bertz CT molecular complexity index is 1120. The first-order chi connectivity index (χ1) is 15.8. The van der Waals surface area contributed by atoms with E-state index in [1.165, 1.54) is 5.56 Å². The minimum atomic E-state index is -0.488. The van der Waals surface area contributed by atoms with Crippen molar-refractivity contribution < 1.29 is 19.1 Å². The van der Waals surface area contributed by atoms with Gasteiger partial charge < -0.3 is 10.1 Å². The van der Waals surface area contributed by atoms with E-state index in [1.807, 2.05) is 31.2 Å². The molecule has 0 atom stereocenters. The lowest BCUT2D eigenvalue weighted by atomic mass is 10.0. The van der Waals surface area contributed by atoms with Crippen molar-refractivity contribution in [2.75, 3.05) is 11.9 Å². The summed E-state index contributed by atoms with van der Waals surface area (Å²) in [5.41, 5.74) is 8.19. The number of benzene rings is 3. The number of rotatable bonds is 7. The van der Waals surface area contributed by atoms with Crippen molar-refractivity contribution in [1.29, 1.82) is 0 Å². The van der Waals surface area contributed by atoms with Gasteiger partial charge in [-0.1, -0.05) is 44.2 Å². The second-order valence-corrected chi connectivity index (χ2v) is 7.86. The Morgan fingerprint density at radius 2 is 1.48 bits per heavy atom. The van der Waals surface area contributed by atoms with Crippen molar-refractivity contribution >= 4 is 23.4 Å². The number of amides is 3. The van der Waals surface area contributed by atoms with Gasteiger partial charge in [0.25, 0.3) is 17.7 Å². The van der Waals surface area contributed by atoms with E-state index in [1.54, 1.807) is 48.5 Å². The number of hydrogen-bond acceptors (Lipinski definition) is 4. The van der Waals surface area contributed by atoms with Gasteiger partial charge in [-0.25, -0.2) is 0 Å². The Morgan fingerprint density at radius 3 is 2.12 bits per heavy atom. The van der Waals surface area contributed by atoms with E-state index < -0.39 is 11.8 Å². The Hall–Kier alpha value is -4.13. The Balaban J connectivity index is 1.45. The summed E-state index contributed by atoms with van der Waals surface area (Å²) in [6.07, 6.45) is 0. The minimum absolute atomic E-state index is 0.226. The van der Waals surface area contributed by atoms with Crippen molar-refractivity contribution in [3.63, 3.8) is 0 Å². The molecule has 0 aliphatic carbocycles. The number of carbonyl (C=O) groups excluding carboxylic acids is 3. The lowest BCUT2D eigenvalue weighted by molar-refractivity contribution is -0.123. The van der Waals surface area contributed by atoms with Crippen LogP contribution in [0.2, 0.25) is 0 Å². The van der Waals surface area contributed by atoms with E-state index in [9.17, 15) is 14.4 Å². The van der Waals surface area contributed by atoms with E-state index in [2.05, 4.69) is 30.0 Å². The highest BCUT2D eigenvalue weighted by molar-refractivity contribution is 6.05. The van der Waals surface area contributed by atoms with Crippen LogP contribution in [0.4, 0.5) is 5.69 Å². The Morgan fingerprint density at radius 1 is 0.818 bits per heavy atom. The largest absolute Gasteiger partial charge is 0.484 e. The zero-order valence-electron chi connectivity index (χ0n) is 18.8. The zero-order chi connectivity index (χ0) is 23.8. The van der Waals surface area contributed by atoms with Crippen LogP contribution in [0.15, 0.2) is 72.8 Å². The fourth-order valence-electron chi connectivity index (χ4n) is 3.06. The van der Waals surface area contributed by atoms with Crippen LogP contribution in [0.5, 0.6) is 5.75 Å². The normalized spacial score (nSPS) is 10.4. The summed E-state index contributed by atoms with van der Waals surface area (Å²) in [6.45, 7) is 5.83. The summed E-state index contributed by atoms with van der Waals surface area (Å²) in [7, 11) is 0. The van der Waals surface area contributed by atoms with Gasteiger partial charge in [-0.15, -0.1) is 0 Å². The van der Waals surface area contributed by atoms with Gasteiger partial charge in [-0.3, -0.25) is 25.2 Å². The van der Waals surface area contributed by atoms with Gasteiger partial charge in [0, 0.05) is 16.8 Å². The molecule has 7 nitrogen and oxygen atoms in total. The number of hydrazine groups is 1. The van der Waals surface area contributed by atoms with Gasteiger partial charge in [0.2, 0.25) is 0 Å². The molecule has 33 heavy (non-hydrogen) atoms. The van der Waals surface area contributed by atoms with Crippen LogP contribution in [0.1, 0.15) is 51.6 Å². The Labute approximate surface area is 193 Å². The lowest BCUT2D eigenvalue weighted by Crippen LogP contribution is -2.43. The first kappa shape index (κ1) is 23.5. The fourth-order valence-corrected chi connectivity index (χ4v) is 3.06. The molecule has 3 aromatic rings. The Kier molecular flexibility index (Phi) is 7.81. The molecule has 7 heteroatoms. The summed E-state index contributed by atoms with van der Waals surface area (Å²) in [4.78, 5) is 36.6. The van der Waals surface area contributed by atoms with Crippen molar-refractivity contribution in [2.45, 2.75) is 26.7 Å². The average molecular weight is 446 g/mol. The second-order valence-electron chi connectivity index (χ2n) is 7.86. The van der Waals surface area contributed by atoms with E-state index >= 15 is 0 Å². The number of hydrogen-bond donors (Lipinski definition) is 3. The van der Waals surface area contributed by atoms with Crippen molar-refractivity contribution in [3.05, 3.63) is 95.1 Å². The van der Waals surface area contributed by atoms with Crippen molar-refractivity contribution in [3.8, 4) is 5.75 Å². The maximum atomic E-state index is 12.4. The third kappa shape index (κ3) is 6.67. The third-order valence-electron chi connectivity index (χ3n) is 5.03. The molecule has 0 fully saturated rings. The van der Waals surface area contributed by atoms with Crippen LogP contribution in [-0.4, -0.2) is 24.3 Å². The van der Waals surface area contributed by atoms with Crippen LogP contribution in [0, 0.1) is 6.92 Å². The molecule has 0 aliphatic rings. The molecule has 170 valence electrons. The molecule has 0 aliphatic heterocycles. The number of aryl methyl sites for hydroxylation is 1. The predicted molar refractivity (Wildman–Crippen MR) is 127 cm³/mol. The highest BCUT2D eigenvalue weighted by atomic mass is 16.5. The number of nitrogens with one attached hydrogen (secondary N) is 3. The smallest absolute Gasteiger partial charge is 0.276 e. The fraction of sp³-hybridized carbons (Fsp3) is 0.192. The molecule has 3 aromatic carbocycles. The average Bonchev–Trinajstić information content (AvgIpc) is 2.82. The van der Waals surface area contributed by atoms with Gasteiger partial charge in [-0.05, 0) is 66.4 Å². The van der Waals surface area contributed by atoms with E-state index in [0.717, 1.165) is 5.56 Å². The molecular formula is C26H27N3O4. The van der Waals surface area contributed by atoms with Crippen LogP contribution in [0.25, 0.3) is 0 Å².